The van der Waals surface area contributed by atoms with Crippen LogP contribution in [-0.4, -0.2) is 35.5 Å². The van der Waals surface area contributed by atoms with Gasteiger partial charge >= 0.3 is 0 Å². The largest absolute Gasteiger partial charge is 0.481 e. The van der Waals surface area contributed by atoms with E-state index in [-0.39, 0.29) is 24.2 Å². The molecule has 156 valence electrons. The van der Waals surface area contributed by atoms with Gasteiger partial charge in [-0.1, -0.05) is 35.9 Å². The maximum atomic E-state index is 13.7. The predicted molar refractivity (Wildman–Crippen MR) is 111 cm³/mol. The van der Waals surface area contributed by atoms with Crippen molar-refractivity contribution in [2.75, 3.05) is 19.7 Å². The van der Waals surface area contributed by atoms with Gasteiger partial charge in [-0.2, -0.15) is 0 Å². The Morgan fingerprint density at radius 1 is 1.23 bits per heavy atom. The average molecular weight is 429 g/mol. The molecular formula is C23H22ClFN2O3. The molecule has 1 unspecified atom stereocenters. The molecule has 1 aliphatic rings. The van der Waals surface area contributed by atoms with Crippen LogP contribution in [-0.2, 0) is 11.2 Å². The summed E-state index contributed by atoms with van der Waals surface area (Å²) in [6, 6.07) is 13.7. The van der Waals surface area contributed by atoms with E-state index in [1.54, 1.807) is 23.2 Å². The lowest BCUT2D eigenvalue weighted by atomic mass is 9.98. The van der Waals surface area contributed by atoms with Gasteiger partial charge in [0.05, 0.1) is 12.1 Å². The van der Waals surface area contributed by atoms with Crippen LogP contribution in [0.1, 0.15) is 36.0 Å². The Balaban J connectivity index is 1.34. The van der Waals surface area contributed by atoms with Crippen LogP contribution in [0.2, 0.25) is 5.02 Å². The maximum Gasteiger partial charge on any atom is 0.260 e. The predicted octanol–water partition coefficient (Wildman–Crippen LogP) is 4.84. The van der Waals surface area contributed by atoms with Gasteiger partial charge in [0.15, 0.2) is 24.1 Å². The summed E-state index contributed by atoms with van der Waals surface area (Å²) in [7, 11) is 0. The molecule has 1 aromatic heterocycles. The molecule has 1 amide bonds. The van der Waals surface area contributed by atoms with Crippen LogP contribution in [0.25, 0.3) is 0 Å². The smallest absolute Gasteiger partial charge is 0.260 e. The molecule has 1 saturated heterocycles. The summed E-state index contributed by atoms with van der Waals surface area (Å²) in [5.41, 5.74) is 1.09. The summed E-state index contributed by atoms with van der Waals surface area (Å²) in [5.74, 6) is 0.893. The number of hydrogen-bond acceptors (Lipinski definition) is 4. The van der Waals surface area contributed by atoms with E-state index in [4.69, 9.17) is 20.8 Å². The minimum Gasteiger partial charge on any atom is -0.481 e. The first-order valence-electron chi connectivity index (χ1n) is 9.92. The second-order valence-corrected chi connectivity index (χ2v) is 7.80. The fourth-order valence-electron chi connectivity index (χ4n) is 3.59. The van der Waals surface area contributed by atoms with Crippen LogP contribution < -0.4 is 4.74 Å². The Labute approximate surface area is 179 Å². The van der Waals surface area contributed by atoms with Crippen LogP contribution in [0.3, 0.4) is 0 Å². The number of benzene rings is 2. The van der Waals surface area contributed by atoms with Gasteiger partial charge in [-0.05, 0) is 42.7 Å². The van der Waals surface area contributed by atoms with Crippen LogP contribution in [0, 0.1) is 5.82 Å². The van der Waals surface area contributed by atoms with Crippen molar-refractivity contribution in [3.63, 3.8) is 0 Å². The summed E-state index contributed by atoms with van der Waals surface area (Å²) >= 11 is 5.93. The number of halogens is 2. The fourth-order valence-corrected chi connectivity index (χ4v) is 3.72. The zero-order valence-electron chi connectivity index (χ0n) is 16.4. The monoisotopic (exact) mass is 428 g/mol. The van der Waals surface area contributed by atoms with Gasteiger partial charge in [-0.25, -0.2) is 9.37 Å². The molecule has 2 aromatic carbocycles. The molecule has 1 fully saturated rings. The fraction of sp³-hybridized carbons (Fsp3) is 0.304. The third kappa shape index (κ3) is 5.00. The van der Waals surface area contributed by atoms with Gasteiger partial charge in [0.1, 0.15) is 5.76 Å². The van der Waals surface area contributed by atoms with Crippen molar-refractivity contribution in [3.8, 4) is 5.75 Å². The number of oxazole rings is 1. The van der Waals surface area contributed by atoms with Crippen molar-refractivity contribution in [1.82, 2.24) is 9.88 Å². The molecule has 3 aromatic rings. The zero-order chi connectivity index (χ0) is 20.9. The normalized spacial score (nSPS) is 16.5. The molecule has 1 atom stereocenters. The number of ether oxygens (including phenoxy) is 1. The van der Waals surface area contributed by atoms with Gasteiger partial charge in [0, 0.05) is 24.5 Å². The molecule has 0 spiro atoms. The SMILES string of the molecule is O=C(COc1ccccc1F)N1CCCC(c2ncc(Cc3ccc(Cl)cc3)o2)C1. The topological polar surface area (TPSA) is 55.6 Å². The number of rotatable bonds is 6. The quantitative estimate of drug-likeness (QED) is 0.563. The zero-order valence-corrected chi connectivity index (χ0v) is 17.1. The van der Waals surface area contributed by atoms with Crippen molar-refractivity contribution < 1.29 is 18.3 Å². The Morgan fingerprint density at radius 2 is 2.03 bits per heavy atom. The third-order valence-corrected chi connectivity index (χ3v) is 5.43. The van der Waals surface area contributed by atoms with Gasteiger partial charge in [-0.15, -0.1) is 0 Å². The standard InChI is InChI=1S/C23H22ClFN2O3/c24-18-9-7-16(8-10-18)12-19-13-26-23(30-19)17-4-3-11-27(14-17)22(28)15-29-21-6-2-1-5-20(21)25/h1-2,5-10,13,17H,3-4,11-12,14-15H2. The minimum atomic E-state index is -0.477. The highest BCUT2D eigenvalue weighted by molar-refractivity contribution is 6.30. The first kappa shape index (κ1) is 20.4. The number of aromatic nitrogens is 1. The van der Waals surface area contributed by atoms with Gasteiger partial charge in [-0.3, -0.25) is 4.79 Å². The molecule has 1 aliphatic heterocycles. The van der Waals surface area contributed by atoms with Crippen molar-refractivity contribution >= 4 is 17.5 Å². The van der Waals surface area contributed by atoms with Crippen molar-refractivity contribution in [1.29, 1.82) is 0 Å². The molecule has 2 heterocycles. The molecular weight excluding hydrogens is 407 g/mol. The lowest BCUT2D eigenvalue weighted by Gasteiger charge is -2.31. The van der Waals surface area contributed by atoms with E-state index in [1.165, 1.54) is 12.1 Å². The Bertz CT molecular complexity index is 1010. The number of likely N-dealkylation sites (tertiary alicyclic amines) is 1. The van der Waals surface area contributed by atoms with Gasteiger partial charge < -0.3 is 14.1 Å². The third-order valence-electron chi connectivity index (χ3n) is 5.17. The van der Waals surface area contributed by atoms with Gasteiger partial charge in [0.2, 0.25) is 0 Å². The Hall–Kier alpha value is -2.86. The highest BCUT2D eigenvalue weighted by Gasteiger charge is 2.28. The molecule has 0 N–H and O–H groups in total. The van der Waals surface area contributed by atoms with Crippen molar-refractivity contribution in [2.45, 2.75) is 25.2 Å². The van der Waals surface area contributed by atoms with E-state index in [0.717, 1.165) is 24.2 Å². The molecule has 4 rings (SSSR count). The minimum absolute atomic E-state index is 0.0372. The van der Waals surface area contributed by atoms with E-state index in [0.29, 0.717) is 30.4 Å². The first-order valence-corrected chi connectivity index (χ1v) is 10.3. The number of carbonyl (C=O) groups is 1. The number of piperidine rings is 1. The molecule has 5 nitrogen and oxygen atoms in total. The first-order chi connectivity index (χ1) is 14.6. The number of amides is 1. The van der Waals surface area contributed by atoms with Crippen LogP contribution in [0.5, 0.6) is 5.75 Å². The number of nitrogens with zero attached hydrogens (tertiary/aromatic N) is 2. The van der Waals surface area contributed by atoms with Crippen molar-refractivity contribution in [3.05, 3.63) is 82.8 Å². The maximum absolute atomic E-state index is 13.7. The second-order valence-electron chi connectivity index (χ2n) is 7.37. The molecule has 30 heavy (non-hydrogen) atoms. The van der Waals surface area contributed by atoms with E-state index in [9.17, 15) is 9.18 Å². The second kappa shape index (κ2) is 9.30. The van der Waals surface area contributed by atoms with Crippen LogP contribution in [0.4, 0.5) is 4.39 Å². The van der Waals surface area contributed by atoms with E-state index in [1.807, 2.05) is 24.3 Å². The summed E-state index contributed by atoms with van der Waals surface area (Å²) in [5, 5.41) is 0.697. The molecule has 7 heteroatoms. The highest BCUT2D eigenvalue weighted by Crippen LogP contribution is 2.27. The molecule has 0 saturated carbocycles. The summed E-state index contributed by atoms with van der Waals surface area (Å²) in [6.45, 7) is 0.968. The summed E-state index contributed by atoms with van der Waals surface area (Å²) in [4.78, 5) is 18.7. The molecule has 0 radical (unpaired) electrons. The Morgan fingerprint density at radius 3 is 2.83 bits per heavy atom. The highest BCUT2D eigenvalue weighted by atomic mass is 35.5. The summed E-state index contributed by atoms with van der Waals surface area (Å²) in [6.07, 6.45) is 4.13. The van der Waals surface area contributed by atoms with Crippen LogP contribution in [0.15, 0.2) is 59.1 Å². The average Bonchev–Trinajstić information content (AvgIpc) is 3.23. The van der Waals surface area contributed by atoms with Gasteiger partial charge in [0.25, 0.3) is 5.91 Å². The number of carbonyl (C=O) groups excluding carboxylic acids is 1. The number of hydrogen-bond donors (Lipinski definition) is 0. The summed E-state index contributed by atoms with van der Waals surface area (Å²) < 4.78 is 25.0. The molecule has 0 bridgehead atoms. The van der Waals surface area contributed by atoms with E-state index in [2.05, 4.69) is 4.98 Å². The van der Waals surface area contributed by atoms with E-state index < -0.39 is 5.82 Å². The lowest BCUT2D eigenvalue weighted by molar-refractivity contribution is -0.134. The van der Waals surface area contributed by atoms with Crippen molar-refractivity contribution in [2.24, 2.45) is 0 Å². The number of para-hydroxylation sites is 1. The Kier molecular flexibility index (Phi) is 6.33. The lowest BCUT2D eigenvalue weighted by Crippen LogP contribution is -2.41. The molecule has 0 aliphatic carbocycles. The van der Waals surface area contributed by atoms with E-state index >= 15 is 0 Å². The van der Waals surface area contributed by atoms with Crippen LogP contribution >= 0.6 is 11.6 Å².